The summed E-state index contributed by atoms with van der Waals surface area (Å²) in [5, 5.41) is 9.20. The first-order valence-electron chi connectivity index (χ1n) is 10.4. The molecule has 0 bridgehead atoms. The van der Waals surface area contributed by atoms with Crippen molar-refractivity contribution in [3.05, 3.63) is 47.1 Å². The highest BCUT2D eigenvalue weighted by Crippen LogP contribution is 2.40. The van der Waals surface area contributed by atoms with Crippen molar-refractivity contribution < 1.29 is 13.7 Å². The minimum atomic E-state index is -0.532. The van der Waals surface area contributed by atoms with E-state index in [2.05, 4.69) is 32.3 Å². The molecular weight excluding hydrogens is 577 g/mol. The quantitative estimate of drug-likeness (QED) is 0.188. The topological polar surface area (TPSA) is 65.6 Å². The molecule has 0 aliphatic carbocycles. The van der Waals surface area contributed by atoms with Crippen LogP contribution in [0.2, 0.25) is 5.02 Å². The molecule has 1 unspecified atom stereocenters. The number of hydrogen-bond acceptors (Lipinski definition) is 5. The highest BCUT2D eigenvalue weighted by atomic mass is 127. The van der Waals surface area contributed by atoms with Crippen molar-refractivity contribution in [3.63, 3.8) is 0 Å². The summed E-state index contributed by atoms with van der Waals surface area (Å²) >= 11 is 9.03. The number of aromatic nitrogens is 4. The molecule has 1 aliphatic rings. The second kappa shape index (κ2) is 8.05. The smallest absolute Gasteiger partial charge is 0.399 e. The van der Waals surface area contributed by atoms with Gasteiger partial charge < -0.3 is 19.0 Å². The van der Waals surface area contributed by atoms with Gasteiger partial charge in [0.2, 0.25) is 0 Å². The minimum Gasteiger partial charge on any atom is -0.399 e. The molecule has 7 nitrogen and oxygen atoms in total. The summed E-state index contributed by atoms with van der Waals surface area (Å²) in [6.07, 6.45) is 3.89. The standard InChI is InChI=1S/C21H22BClFIN5O2P/c1-11-9-29-10-13(8-15(24)19(29)26-11)27-18-17-14(23)6-12(7-16(17)30(28-18)33-25)22-31-20(2,3)21(4,5)32-22/h6-10,33H,1-5H3,(H,27,28). The SMILES string of the molecule is Cc1cn2cc(Nc3nn(PI)c4cc(B5OC(C)(C)C(C)(C)O5)cc(Cl)c34)cc(F)c2n1. The highest BCUT2D eigenvalue weighted by Gasteiger charge is 2.51. The van der Waals surface area contributed by atoms with E-state index in [1.54, 1.807) is 16.8 Å². The van der Waals surface area contributed by atoms with E-state index in [0.29, 0.717) is 22.9 Å². The molecule has 0 saturated carbocycles. The van der Waals surface area contributed by atoms with Gasteiger partial charge in [0.15, 0.2) is 17.3 Å². The lowest BCUT2D eigenvalue weighted by Gasteiger charge is -2.32. The van der Waals surface area contributed by atoms with Gasteiger partial charge in [0, 0.05) is 18.5 Å². The van der Waals surface area contributed by atoms with Gasteiger partial charge in [-0.05, 0) is 74.3 Å². The van der Waals surface area contributed by atoms with E-state index in [4.69, 9.17) is 26.0 Å². The third kappa shape index (κ3) is 3.93. The van der Waals surface area contributed by atoms with Crippen LogP contribution < -0.4 is 10.8 Å². The number of fused-ring (bicyclic) bond motifs is 2. The van der Waals surface area contributed by atoms with Gasteiger partial charge in [-0.1, -0.05) is 11.6 Å². The second-order valence-corrected chi connectivity index (χ2v) is 11.6. The molecule has 1 aliphatic heterocycles. The summed E-state index contributed by atoms with van der Waals surface area (Å²) in [7, 11) is -0.532. The number of halogens is 3. The number of imidazole rings is 1. The Kier molecular flexibility index (Phi) is 5.68. The molecule has 1 saturated heterocycles. The number of anilines is 2. The Morgan fingerprint density at radius 1 is 1.15 bits per heavy atom. The molecule has 0 amide bonds. The average molecular weight is 600 g/mol. The molecule has 1 aromatic carbocycles. The number of rotatable bonds is 4. The van der Waals surface area contributed by atoms with Crippen LogP contribution in [0.3, 0.4) is 0 Å². The van der Waals surface area contributed by atoms with E-state index in [9.17, 15) is 4.39 Å². The summed E-state index contributed by atoms with van der Waals surface area (Å²) in [5.74, 6) is 0.136. The molecule has 1 atom stereocenters. The van der Waals surface area contributed by atoms with Crippen molar-refractivity contribution >= 4 is 80.7 Å². The van der Waals surface area contributed by atoms with Crippen LogP contribution in [0.5, 0.6) is 0 Å². The Morgan fingerprint density at radius 3 is 2.52 bits per heavy atom. The molecule has 12 heteroatoms. The van der Waals surface area contributed by atoms with Crippen LogP contribution in [0.25, 0.3) is 16.6 Å². The lowest BCUT2D eigenvalue weighted by molar-refractivity contribution is 0.00578. The van der Waals surface area contributed by atoms with Gasteiger partial charge in [0.25, 0.3) is 0 Å². The van der Waals surface area contributed by atoms with Crippen molar-refractivity contribution in [2.24, 2.45) is 0 Å². The molecule has 4 aromatic rings. The van der Waals surface area contributed by atoms with E-state index < -0.39 is 24.1 Å². The maximum Gasteiger partial charge on any atom is 0.494 e. The second-order valence-electron chi connectivity index (χ2n) is 9.14. The van der Waals surface area contributed by atoms with Gasteiger partial charge in [-0.25, -0.2) is 13.8 Å². The molecule has 1 N–H and O–H groups in total. The summed E-state index contributed by atoms with van der Waals surface area (Å²) in [4.78, 5) is 4.21. The number of benzene rings is 1. The Labute approximate surface area is 210 Å². The van der Waals surface area contributed by atoms with Crippen molar-refractivity contribution in [1.29, 1.82) is 0 Å². The highest BCUT2D eigenvalue weighted by molar-refractivity contribution is 14.2. The predicted molar refractivity (Wildman–Crippen MR) is 141 cm³/mol. The molecule has 0 radical (unpaired) electrons. The Balaban J connectivity index is 1.56. The molecule has 33 heavy (non-hydrogen) atoms. The van der Waals surface area contributed by atoms with Gasteiger partial charge in [-0.3, -0.25) is 0 Å². The van der Waals surface area contributed by atoms with Gasteiger partial charge in [-0.15, -0.1) is 5.10 Å². The first-order chi connectivity index (χ1) is 15.5. The Hall–Kier alpha value is -1.46. The van der Waals surface area contributed by atoms with Gasteiger partial charge in [0.05, 0.1) is 44.9 Å². The fourth-order valence-corrected chi connectivity index (χ4v) is 5.69. The number of aryl methyl sites for hydroxylation is 1. The zero-order chi connectivity index (χ0) is 23.7. The third-order valence-corrected chi connectivity index (χ3v) is 8.42. The molecule has 172 valence electrons. The lowest BCUT2D eigenvalue weighted by atomic mass is 9.79. The fourth-order valence-electron chi connectivity index (χ4n) is 3.87. The van der Waals surface area contributed by atoms with Gasteiger partial charge >= 0.3 is 7.12 Å². The maximum absolute atomic E-state index is 14.6. The normalized spacial score (nSPS) is 17.8. The Morgan fingerprint density at radius 2 is 1.85 bits per heavy atom. The first kappa shape index (κ1) is 23.3. The van der Waals surface area contributed by atoms with Gasteiger partial charge in [0.1, 0.15) is 0 Å². The predicted octanol–water partition coefficient (Wildman–Crippen LogP) is 5.62. The van der Waals surface area contributed by atoms with E-state index in [1.807, 2.05) is 51.2 Å². The molecule has 3 aromatic heterocycles. The van der Waals surface area contributed by atoms with Crippen molar-refractivity contribution in [2.75, 3.05) is 5.32 Å². The van der Waals surface area contributed by atoms with E-state index in [1.165, 1.54) is 6.07 Å². The van der Waals surface area contributed by atoms with Crippen LogP contribution in [0.4, 0.5) is 15.9 Å². The van der Waals surface area contributed by atoms with E-state index in [0.717, 1.165) is 22.1 Å². The lowest BCUT2D eigenvalue weighted by Crippen LogP contribution is -2.41. The molecule has 5 rings (SSSR count). The molecule has 4 heterocycles. The summed E-state index contributed by atoms with van der Waals surface area (Å²) in [5.41, 5.74) is 2.35. The number of nitrogens with one attached hydrogen (secondary N) is 1. The summed E-state index contributed by atoms with van der Waals surface area (Å²) < 4.78 is 30.5. The zero-order valence-electron chi connectivity index (χ0n) is 18.7. The monoisotopic (exact) mass is 599 g/mol. The van der Waals surface area contributed by atoms with E-state index in [-0.39, 0.29) is 5.65 Å². The number of pyridine rings is 1. The number of nitrogens with zero attached hydrogens (tertiary/aromatic N) is 4. The molecular formula is C21H22BClFIN5O2P. The molecule has 1 fully saturated rings. The average Bonchev–Trinajstić information content (AvgIpc) is 3.33. The first-order valence-corrected chi connectivity index (χ1v) is 14.8. The largest absolute Gasteiger partial charge is 0.494 e. The van der Waals surface area contributed by atoms with Crippen LogP contribution in [-0.4, -0.2) is 37.3 Å². The van der Waals surface area contributed by atoms with Gasteiger partial charge in [-0.2, -0.15) is 0 Å². The zero-order valence-corrected chi connectivity index (χ0v) is 22.6. The van der Waals surface area contributed by atoms with Crippen molar-refractivity contribution in [1.82, 2.24) is 18.9 Å². The van der Waals surface area contributed by atoms with Crippen LogP contribution >= 0.6 is 40.0 Å². The Bertz CT molecular complexity index is 1390. The van der Waals surface area contributed by atoms with Crippen LogP contribution in [-0.2, 0) is 9.31 Å². The number of hydrogen-bond donors (Lipinski definition) is 1. The van der Waals surface area contributed by atoms with Crippen LogP contribution in [0.1, 0.15) is 33.4 Å². The van der Waals surface area contributed by atoms with Crippen LogP contribution in [0, 0.1) is 12.7 Å². The van der Waals surface area contributed by atoms with Crippen LogP contribution in [0.15, 0.2) is 30.6 Å². The fraction of sp³-hybridized carbons (Fsp3) is 0.333. The van der Waals surface area contributed by atoms with E-state index >= 15 is 0 Å². The summed E-state index contributed by atoms with van der Waals surface area (Å²) in [6, 6.07) is 5.25. The maximum atomic E-state index is 14.6. The van der Waals surface area contributed by atoms with Crippen molar-refractivity contribution in [3.8, 4) is 0 Å². The van der Waals surface area contributed by atoms with Crippen molar-refractivity contribution in [2.45, 2.75) is 45.8 Å². The third-order valence-electron chi connectivity index (χ3n) is 6.25. The summed E-state index contributed by atoms with van der Waals surface area (Å²) in [6.45, 7) is 9.90. The molecule has 0 spiro atoms. The minimum absolute atomic E-state index is 0.285.